The molecule has 0 atom stereocenters. The van der Waals surface area contributed by atoms with Crippen molar-refractivity contribution < 1.29 is 4.79 Å². The summed E-state index contributed by atoms with van der Waals surface area (Å²) in [6.07, 6.45) is 0. The first-order chi connectivity index (χ1) is 8.40. The van der Waals surface area contributed by atoms with Crippen LogP contribution in [0, 0.1) is 0 Å². The molecule has 1 rings (SSSR count). The zero-order chi connectivity index (χ0) is 13.7. The lowest BCUT2D eigenvalue weighted by atomic mass is 10.3. The number of benzene rings is 1. The first kappa shape index (κ1) is 14.6. The molecule has 18 heavy (non-hydrogen) atoms. The third kappa shape index (κ3) is 4.43. The number of rotatable bonds is 2. The van der Waals surface area contributed by atoms with Crippen molar-refractivity contribution in [3.8, 4) is 0 Å². The Morgan fingerprint density at radius 3 is 2.39 bits per heavy atom. The van der Waals surface area contributed by atoms with E-state index in [1.165, 1.54) is 0 Å². The largest absolute Gasteiger partial charge is 0.369 e. The Kier molecular flexibility index (Phi) is 5.25. The number of carbonyl (C=O) groups excluding carboxylic acids is 1. The van der Waals surface area contributed by atoms with Crippen molar-refractivity contribution in [3.05, 3.63) is 28.2 Å². The van der Waals surface area contributed by atoms with Crippen LogP contribution in [-0.2, 0) is 0 Å². The molecule has 7 heteroatoms. The van der Waals surface area contributed by atoms with E-state index in [1.54, 1.807) is 18.2 Å². The van der Waals surface area contributed by atoms with Gasteiger partial charge in [-0.3, -0.25) is 5.32 Å². The molecule has 1 aromatic rings. The Hall–Kier alpha value is -1.46. The maximum atomic E-state index is 11.4. The predicted molar refractivity (Wildman–Crippen MR) is 74.5 cm³/mol. The summed E-state index contributed by atoms with van der Waals surface area (Å²) in [6.45, 7) is 3.66. The number of nitrogens with zero attached hydrogens (tertiary/aromatic N) is 1. The molecule has 4 N–H and O–H groups in total. The second-order valence-corrected chi connectivity index (χ2v) is 4.63. The topological polar surface area (TPSA) is 79.5 Å². The van der Waals surface area contributed by atoms with Crippen molar-refractivity contribution >= 4 is 40.9 Å². The van der Waals surface area contributed by atoms with Crippen molar-refractivity contribution in [1.29, 1.82) is 0 Å². The lowest BCUT2D eigenvalue weighted by molar-refractivity contribution is 0.243. The zero-order valence-corrected chi connectivity index (χ0v) is 11.5. The zero-order valence-electron chi connectivity index (χ0n) is 10.00. The monoisotopic (exact) mass is 288 g/mol. The molecule has 2 amide bonds. The molecular formula is C11H14Cl2N4O. The van der Waals surface area contributed by atoms with Crippen LogP contribution in [0.4, 0.5) is 10.5 Å². The third-order valence-corrected chi connectivity index (χ3v) is 2.44. The maximum absolute atomic E-state index is 11.4. The number of nitrogens with one attached hydrogen (secondary N) is 2. The molecule has 0 aromatic heterocycles. The van der Waals surface area contributed by atoms with Gasteiger partial charge in [-0.25, -0.2) is 9.79 Å². The molecule has 0 fully saturated rings. The van der Waals surface area contributed by atoms with Gasteiger partial charge in [-0.05, 0) is 26.0 Å². The average Bonchev–Trinajstić information content (AvgIpc) is 2.22. The number of urea groups is 1. The van der Waals surface area contributed by atoms with Crippen LogP contribution in [0.15, 0.2) is 23.2 Å². The van der Waals surface area contributed by atoms with Gasteiger partial charge in [0.05, 0.1) is 10.0 Å². The van der Waals surface area contributed by atoms with E-state index in [4.69, 9.17) is 28.9 Å². The number of halogens is 2. The van der Waals surface area contributed by atoms with Crippen molar-refractivity contribution in [2.45, 2.75) is 19.9 Å². The Balaban J connectivity index is 2.80. The fourth-order valence-electron chi connectivity index (χ4n) is 1.16. The SMILES string of the molecule is CC(C)NC(=O)NC(N)=Nc1c(Cl)cccc1Cl. The van der Waals surface area contributed by atoms with Crippen molar-refractivity contribution in [2.75, 3.05) is 0 Å². The Morgan fingerprint density at radius 2 is 1.89 bits per heavy atom. The molecule has 0 heterocycles. The summed E-state index contributed by atoms with van der Waals surface area (Å²) in [7, 11) is 0. The molecule has 0 spiro atoms. The van der Waals surface area contributed by atoms with Crippen molar-refractivity contribution in [2.24, 2.45) is 10.7 Å². The second kappa shape index (κ2) is 6.47. The fraction of sp³-hybridized carbons (Fsp3) is 0.273. The van der Waals surface area contributed by atoms with E-state index < -0.39 is 6.03 Å². The summed E-state index contributed by atoms with van der Waals surface area (Å²) in [5.41, 5.74) is 5.90. The number of guanidine groups is 1. The van der Waals surface area contributed by atoms with Gasteiger partial charge in [0.15, 0.2) is 0 Å². The Labute approximate surface area is 115 Å². The maximum Gasteiger partial charge on any atom is 0.321 e. The number of nitrogens with two attached hydrogens (primary N) is 1. The van der Waals surface area contributed by atoms with Crippen LogP contribution in [0.5, 0.6) is 0 Å². The number of para-hydroxylation sites is 1. The van der Waals surface area contributed by atoms with Gasteiger partial charge in [-0.2, -0.15) is 0 Å². The smallest absolute Gasteiger partial charge is 0.321 e. The van der Waals surface area contributed by atoms with Crippen LogP contribution >= 0.6 is 23.2 Å². The first-order valence-corrected chi connectivity index (χ1v) is 6.01. The standard InChI is InChI=1S/C11H14Cl2N4O/c1-6(2)15-11(18)17-10(14)16-9-7(12)4-3-5-8(9)13/h3-6H,1-2H3,(H4,14,15,16,17,18). The lowest BCUT2D eigenvalue weighted by Gasteiger charge is -2.09. The molecule has 0 saturated heterocycles. The second-order valence-electron chi connectivity index (χ2n) is 3.82. The molecule has 0 radical (unpaired) electrons. The molecule has 0 aliphatic carbocycles. The molecule has 0 aliphatic rings. The minimum absolute atomic E-state index is 0.00158. The fourth-order valence-corrected chi connectivity index (χ4v) is 1.64. The van der Waals surface area contributed by atoms with Crippen LogP contribution in [0.3, 0.4) is 0 Å². The molecule has 0 aliphatic heterocycles. The summed E-state index contributed by atoms with van der Waals surface area (Å²) >= 11 is 11.8. The van der Waals surface area contributed by atoms with Gasteiger partial charge in [0.2, 0.25) is 5.96 Å². The Morgan fingerprint density at radius 1 is 1.33 bits per heavy atom. The van der Waals surface area contributed by atoms with Crippen LogP contribution in [0.25, 0.3) is 0 Å². The summed E-state index contributed by atoms with van der Waals surface area (Å²) in [5.74, 6) is -0.0804. The molecule has 0 bridgehead atoms. The van der Waals surface area contributed by atoms with Gasteiger partial charge < -0.3 is 11.1 Å². The van der Waals surface area contributed by atoms with Crippen LogP contribution in [0.2, 0.25) is 10.0 Å². The van der Waals surface area contributed by atoms with Gasteiger partial charge in [-0.1, -0.05) is 29.3 Å². The summed E-state index contributed by atoms with van der Waals surface area (Å²) in [5, 5.41) is 5.70. The van der Waals surface area contributed by atoms with E-state index in [1.807, 2.05) is 13.8 Å². The van der Waals surface area contributed by atoms with E-state index in [-0.39, 0.29) is 12.0 Å². The normalized spacial score (nSPS) is 11.5. The van der Waals surface area contributed by atoms with Crippen LogP contribution in [-0.4, -0.2) is 18.0 Å². The molecule has 98 valence electrons. The number of carbonyl (C=O) groups is 1. The van der Waals surface area contributed by atoms with E-state index in [0.29, 0.717) is 15.7 Å². The number of aliphatic imine (C=N–C) groups is 1. The highest BCUT2D eigenvalue weighted by molar-refractivity contribution is 6.38. The summed E-state index contributed by atoms with van der Waals surface area (Å²) < 4.78 is 0. The predicted octanol–water partition coefficient (Wildman–Crippen LogP) is 2.65. The molecule has 0 saturated carbocycles. The summed E-state index contributed by atoms with van der Waals surface area (Å²) in [6, 6.07) is 4.52. The van der Waals surface area contributed by atoms with E-state index >= 15 is 0 Å². The molecule has 5 nitrogen and oxygen atoms in total. The van der Waals surface area contributed by atoms with Gasteiger partial charge in [0.25, 0.3) is 0 Å². The molecular weight excluding hydrogens is 275 g/mol. The highest BCUT2D eigenvalue weighted by atomic mass is 35.5. The van der Waals surface area contributed by atoms with E-state index in [0.717, 1.165) is 0 Å². The quantitative estimate of drug-likeness (QED) is 0.578. The van der Waals surface area contributed by atoms with Crippen molar-refractivity contribution in [1.82, 2.24) is 10.6 Å². The van der Waals surface area contributed by atoms with Crippen molar-refractivity contribution in [3.63, 3.8) is 0 Å². The van der Waals surface area contributed by atoms with Crippen LogP contribution < -0.4 is 16.4 Å². The van der Waals surface area contributed by atoms with Crippen LogP contribution in [0.1, 0.15) is 13.8 Å². The van der Waals surface area contributed by atoms with Gasteiger partial charge in [0.1, 0.15) is 5.69 Å². The molecule has 0 unspecified atom stereocenters. The van der Waals surface area contributed by atoms with Gasteiger partial charge in [0, 0.05) is 6.04 Å². The third-order valence-electron chi connectivity index (χ3n) is 1.83. The number of hydrogen-bond donors (Lipinski definition) is 3. The lowest BCUT2D eigenvalue weighted by Crippen LogP contribution is -2.45. The number of amides is 2. The number of hydrogen-bond acceptors (Lipinski definition) is 2. The summed E-state index contributed by atoms with van der Waals surface area (Å²) in [4.78, 5) is 15.3. The average molecular weight is 289 g/mol. The van der Waals surface area contributed by atoms with E-state index in [9.17, 15) is 4.79 Å². The highest BCUT2D eigenvalue weighted by Crippen LogP contribution is 2.32. The molecule has 1 aromatic carbocycles. The Bertz CT molecular complexity index is 454. The van der Waals surface area contributed by atoms with E-state index in [2.05, 4.69) is 15.6 Å². The highest BCUT2D eigenvalue weighted by Gasteiger charge is 2.07. The van der Waals surface area contributed by atoms with Gasteiger partial charge in [-0.15, -0.1) is 0 Å². The van der Waals surface area contributed by atoms with Gasteiger partial charge >= 0.3 is 6.03 Å². The minimum Gasteiger partial charge on any atom is -0.369 e. The first-order valence-electron chi connectivity index (χ1n) is 5.26. The minimum atomic E-state index is -0.436.